The number of amides is 1. The van der Waals surface area contributed by atoms with Gasteiger partial charge >= 0.3 is 0 Å². The summed E-state index contributed by atoms with van der Waals surface area (Å²) in [5.74, 6) is 0.234. The Morgan fingerprint density at radius 1 is 1.08 bits per heavy atom. The van der Waals surface area contributed by atoms with E-state index in [1.807, 2.05) is 60.7 Å². The molecule has 0 aliphatic rings. The first-order valence-corrected chi connectivity index (χ1v) is 7.79. The normalized spacial score (nSPS) is 10.4. The standard InChI is InChI=1S/C19H19N3O2/c1-24-18-14-17(22(21-18)16-10-6-3-7-11-16)19(23)20-13-12-15-8-4-2-5-9-15/h2-11,14H,12-13H2,1H3,(H,20,23). The first-order valence-electron chi connectivity index (χ1n) is 7.79. The molecule has 3 aromatic rings. The zero-order valence-electron chi connectivity index (χ0n) is 13.5. The number of carbonyl (C=O) groups excluding carboxylic acids is 1. The van der Waals surface area contributed by atoms with Crippen LogP contribution in [0.3, 0.4) is 0 Å². The van der Waals surface area contributed by atoms with Gasteiger partial charge < -0.3 is 10.1 Å². The molecule has 0 saturated carbocycles. The Morgan fingerprint density at radius 2 is 1.75 bits per heavy atom. The molecule has 1 amide bonds. The average molecular weight is 321 g/mol. The summed E-state index contributed by atoms with van der Waals surface area (Å²) in [6.45, 7) is 0.561. The number of hydrogen-bond donors (Lipinski definition) is 1. The van der Waals surface area contributed by atoms with Crippen molar-refractivity contribution in [1.82, 2.24) is 15.1 Å². The molecule has 0 aliphatic heterocycles. The van der Waals surface area contributed by atoms with Crippen molar-refractivity contribution in [1.29, 1.82) is 0 Å². The number of methoxy groups -OCH3 is 1. The molecule has 122 valence electrons. The molecule has 1 heterocycles. The van der Waals surface area contributed by atoms with Crippen molar-refractivity contribution in [3.63, 3.8) is 0 Å². The predicted molar refractivity (Wildman–Crippen MR) is 92.6 cm³/mol. The first-order chi connectivity index (χ1) is 11.8. The van der Waals surface area contributed by atoms with E-state index in [1.54, 1.807) is 10.7 Å². The lowest BCUT2D eigenvalue weighted by molar-refractivity contribution is 0.0946. The smallest absolute Gasteiger partial charge is 0.270 e. The predicted octanol–water partition coefficient (Wildman–Crippen LogP) is 2.85. The molecule has 5 heteroatoms. The lowest BCUT2D eigenvalue weighted by atomic mass is 10.1. The number of nitrogens with zero attached hydrogens (tertiary/aromatic N) is 2. The summed E-state index contributed by atoms with van der Waals surface area (Å²) in [6, 6.07) is 21.2. The number of ether oxygens (including phenoxy) is 1. The van der Waals surface area contributed by atoms with Gasteiger partial charge in [0.2, 0.25) is 5.88 Å². The Labute approximate surface area is 140 Å². The van der Waals surface area contributed by atoms with E-state index in [-0.39, 0.29) is 5.91 Å². The molecule has 0 aliphatic carbocycles. The van der Waals surface area contributed by atoms with Crippen molar-refractivity contribution in [3.05, 3.63) is 78.0 Å². The third kappa shape index (κ3) is 3.63. The molecule has 1 N–H and O–H groups in total. The van der Waals surface area contributed by atoms with E-state index < -0.39 is 0 Å². The molecular weight excluding hydrogens is 302 g/mol. The Morgan fingerprint density at radius 3 is 2.42 bits per heavy atom. The molecule has 3 rings (SSSR count). The number of carbonyl (C=O) groups is 1. The highest BCUT2D eigenvalue weighted by atomic mass is 16.5. The van der Waals surface area contributed by atoms with E-state index in [4.69, 9.17) is 4.74 Å². The molecule has 0 unspecified atom stereocenters. The van der Waals surface area contributed by atoms with E-state index in [2.05, 4.69) is 10.4 Å². The molecule has 0 atom stereocenters. The Bertz CT molecular complexity index is 798. The summed E-state index contributed by atoms with van der Waals surface area (Å²) >= 11 is 0. The number of aromatic nitrogens is 2. The van der Waals surface area contributed by atoms with E-state index in [0.29, 0.717) is 18.1 Å². The monoisotopic (exact) mass is 321 g/mol. The molecule has 0 fully saturated rings. The molecule has 0 bridgehead atoms. The fraction of sp³-hybridized carbons (Fsp3) is 0.158. The molecule has 1 aromatic heterocycles. The SMILES string of the molecule is COc1cc(C(=O)NCCc2ccccc2)n(-c2ccccc2)n1. The summed E-state index contributed by atoms with van der Waals surface area (Å²) in [5.41, 5.74) is 2.45. The van der Waals surface area contributed by atoms with Gasteiger partial charge in [0.1, 0.15) is 5.69 Å². The van der Waals surface area contributed by atoms with Crippen molar-refractivity contribution in [2.24, 2.45) is 0 Å². The van der Waals surface area contributed by atoms with E-state index in [0.717, 1.165) is 12.1 Å². The minimum Gasteiger partial charge on any atom is -0.480 e. The molecule has 0 radical (unpaired) electrons. The van der Waals surface area contributed by atoms with Gasteiger partial charge in [0.15, 0.2) is 0 Å². The zero-order valence-corrected chi connectivity index (χ0v) is 13.5. The lowest BCUT2D eigenvalue weighted by Crippen LogP contribution is -2.27. The van der Waals surface area contributed by atoms with Crippen LogP contribution in [-0.4, -0.2) is 29.3 Å². The minimum absolute atomic E-state index is 0.175. The van der Waals surface area contributed by atoms with Gasteiger partial charge in [-0.05, 0) is 24.1 Å². The van der Waals surface area contributed by atoms with Gasteiger partial charge in [-0.15, -0.1) is 5.10 Å². The van der Waals surface area contributed by atoms with E-state index in [9.17, 15) is 4.79 Å². The lowest BCUT2D eigenvalue weighted by Gasteiger charge is -2.08. The van der Waals surface area contributed by atoms with Crippen molar-refractivity contribution < 1.29 is 9.53 Å². The van der Waals surface area contributed by atoms with Gasteiger partial charge in [0.05, 0.1) is 12.8 Å². The highest BCUT2D eigenvalue weighted by molar-refractivity contribution is 5.93. The number of hydrogen-bond acceptors (Lipinski definition) is 3. The molecule has 24 heavy (non-hydrogen) atoms. The van der Waals surface area contributed by atoms with Crippen molar-refractivity contribution in [2.75, 3.05) is 13.7 Å². The fourth-order valence-electron chi connectivity index (χ4n) is 2.44. The molecule has 2 aromatic carbocycles. The van der Waals surface area contributed by atoms with Gasteiger partial charge in [-0.25, -0.2) is 4.68 Å². The third-order valence-electron chi connectivity index (χ3n) is 3.67. The van der Waals surface area contributed by atoms with Gasteiger partial charge in [-0.3, -0.25) is 4.79 Å². The Kier molecular flexibility index (Phi) is 4.91. The van der Waals surface area contributed by atoms with Crippen LogP contribution in [0, 0.1) is 0 Å². The van der Waals surface area contributed by atoms with Gasteiger partial charge in [0, 0.05) is 12.6 Å². The van der Waals surface area contributed by atoms with Crippen LogP contribution in [0.15, 0.2) is 66.7 Å². The van der Waals surface area contributed by atoms with E-state index in [1.165, 1.54) is 12.7 Å². The average Bonchev–Trinajstić information content (AvgIpc) is 3.08. The quantitative estimate of drug-likeness (QED) is 0.759. The summed E-state index contributed by atoms with van der Waals surface area (Å²) in [6.07, 6.45) is 0.781. The second-order valence-electron chi connectivity index (χ2n) is 5.31. The Balaban J connectivity index is 1.73. The molecule has 5 nitrogen and oxygen atoms in total. The van der Waals surface area contributed by atoms with Crippen LogP contribution in [0.4, 0.5) is 0 Å². The summed E-state index contributed by atoms with van der Waals surface area (Å²) < 4.78 is 6.76. The Hall–Kier alpha value is -3.08. The summed E-state index contributed by atoms with van der Waals surface area (Å²) in [7, 11) is 1.54. The first kappa shape index (κ1) is 15.8. The third-order valence-corrected chi connectivity index (χ3v) is 3.67. The van der Waals surface area contributed by atoms with Gasteiger partial charge in [-0.2, -0.15) is 0 Å². The van der Waals surface area contributed by atoms with Crippen LogP contribution >= 0.6 is 0 Å². The summed E-state index contributed by atoms with van der Waals surface area (Å²) in [4.78, 5) is 12.5. The molecular formula is C19H19N3O2. The van der Waals surface area contributed by atoms with Crippen LogP contribution in [0.2, 0.25) is 0 Å². The maximum Gasteiger partial charge on any atom is 0.270 e. The van der Waals surface area contributed by atoms with Crippen molar-refractivity contribution in [3.8, 4) is 11.6 Å². The maximum atomic E-state index is 12.5. The fourth-order valence-corrected chi connectivity index (χ4v) is 2.44. The van der Waals surface area contributed by atoms with Crippen LogP contribution in [0.25, 0.3) is 5.69 Å². The molecule has 0 saturated heterocycles. The van der Waals surface area contributed by atoms with Crippen LogP contribution in [-0.2, 0) is 6.42 Å². The molecule has 0 spiro atoms. The number of nitrogens with one attached hydrogen (secondary N) is 1. The maximum absolute atomic E-state index is 12.5. The second kappa shape index (κ2) is 7.46. The van der Waals surface area contributed by atoms with Gasteiger partial charge in [0.25, 0.3) is 5.91 Å². The van der Waals surface area contributed by atoms with Crippen LogP contribution in [0.1, 0.15) is 16.1 Å². The van der Waals surface area contributed by atoms with Crippen molar-refractivity contribution in [2.45, 2.75) is 6.42 Å². The highest BCUT2D eigenvalue weighted by Crippen LogP contribution is 2.17. The number of benzene rings is 2. The van der Waals surface area contributed by atoms with Crippen molar-refractivity contribution >= 4 is 5.91 Å². The topological polar surface area (TPSA) is 56.1 Å². The number of rotatable bonds is 6. The van der Waals surface area contributed by atoms with Gasteiger partial charge in [-0.1, -0.05) is 48.5 Å². The van der Waals surface area contributed by atoms with Crippen LogP contribution < -0.4 is 10.1 Å². The van der Waals surface area contributed by atoms with E-state index >= 15 is 0 Å². The minimum atomic E-state index is -0.175. The second-order valence-corrected chi connectivity index (χ2v) is 5.31. The zero-order chi connectivity index (χ0) is 16.8. The van der Waals surface area contributed by atoms with Crippen LogP contribution in [0.5, 0.6) is 5.88 Å². The highest BCUT2D eigenvalue weighted by Gasteiger charge is 2.16. The number of para-hydroxylation sites is 1. The summed E-state index contributed by atoms with van der Waals surface area (Å²) in [5, 5.41) is 7.26. The largest absolute Gasteiger partial charge is 0.480 e.